The van der Waals surface area contributed by atoms with Gasteiger partial charge in [0.2, 0.25) is 11.7 Å². The van der Waals surface area contributed by atoms with Gasteiger partial charge in [0, 0.05) is 12.3 Å². The number of Topliss-reactive ketones (excluding diaryl/α,β-unsaturated/α-hetero) is 1. The lowest BCUT2D eigenvalue weighted by Crippen LogP contribution is -2.62. The number of ketones is 1. The summed E-state index contributed by atoms with van der Waals surface area (Å²) in [6, 6.07) is 3.44. The van der Waals surface area contributed by atoms with E-state index >= 15 is 0 Å². The third-order valence-corrected chi connectivity index (χ3v) is 7.48. The van der Waals surface area contributed by atoms with E-state index in [1.807, 2.05) is 32.8 Å². The topological polar surface area (TPSA) is 117 Å². The van der Waals surface area contributed by atoms with Gasteiger partial charge in [-0.1, -0.05) is 57.0 Å². The summed E-state index contributed by atoms with van der Waals surface area (Å²) in [6.07, 6.45) is -2.02. The van der Waals surface area contributed by atoms with E-state index in [0.29, 0.717) is 18.6 Å². The molecule has 0 bridgehead atoms. The van der Waals surface area contributed by atoms with E-state index < -0.39 is 46.5 Å². The summed E-state index contributed by atoms with van der Waals surface area (Å²) in [6.45, 7) is 4.54. The molecule has 13 heteroatoms. The van der Waals surface area contributed by atoms with Gasteiger partial charge in [-0.05, 0) is 51.4 Å². The van der Waals surface area contributed by atoms with Crippen LogP contribution in [0.5, 0.6) is 0 Å². The zero-order chi connectivity index (χ0) is 29.5. The molecule has 1 aliphatic carbocycles. The molecule has 2 N–H and O–H groups in total. The van der Waals surface area contributed by atoms with Crippen LogP contribution in [-0.2, 0) is 11.0 Å². The minimum Gasteiger partial charge on any atom is -0.408 e. The lowest BCUT2D eigenvalue weighted by Gasteiger charge is -2.38. The second kappa shape index (κ2) is 13.6. The van der Waals surface area contributed by atoms with Crippen molar-refractivity contribution in [2.24, 2.45) is 5.92 Å². The number of amides is 2. The van der Waals surface area contributed by atoms with E-state index in [2.05, 4.69) is 20.8 Å². The second-order valence-corrected chi connectivity index (χ2v) is 11.7. The van der Waals surface area contributed by atoms with E-state index in [0.717, 1.165) is 25.1 Å². The van der Waals surface area contributed by atoms with Crippen LogP contribution < -0.4 is 10.6 Å². The highest BCUT2D eigenvalue weighted by Crippen LogP contribution is 2.34. The van der Waals surface area contributed by atoms with Crippen molar-refractivity contribution < 1.29 is 32.0 Å². The number of thioether (sulfide) groups is 1. The van der Waals surface area contributed by atoms with Gasteiger partial charge in [0.25, 0.3) is 17.0 Å². The van der Waals surface area contributed by atoms with Crippen LogP contribution in [-0.4, -0.2) is 70.7 Å². The van der Waals surface area contributed by atoms with Gasteiger partial charge in [-0.3, -0.25) is 14.4 Å². The lowest BCUT2D eigenvalue weighted by molar-refractivity contribution is -0.137. The molecule has 2 aromatic rings. The Morgan fingerprint density at radius 3 is 2.40 bits per heavy atom. The maximum atomic E-state index is 13.7. The first kappa shape index (κ1) is 31.6. The molecular weight excluding hydrogens is 547 g/mol. The molecule has 1 aliphatic rings. The number of carbonyl (C=O) groups excluding carboxylic acids is 3. The Morgan fingerprint density at radius 1 is 1.10 bits per heavy atom. The Kier molecular flexibility index (Phi) is 10.8. The first-order valence-electron chi connectivity index (χ1n) is 13.3. The largest absolute Gasteiger partial charge is 0.417 e. The van der Waals surface area contributed by atoms with E-state index in [1.54, 1.807) is 0 Å². The van der Waals surface area contributed by atoms with Crippen LogP contribution in [0.2, 0.25) is 0 Å². The zero-order valence-corrected chi connectivity index (χ0v) is 24.0. The number of nitrogens with zero attached hydrogens (tertiary/aromatic N) is 3. The fourth-order valence-corrected chi connectivity index (χ4v) is 5.48. The van der Waals surface area contributed by atoms with Gasteiger partial charge >= 0.3 is 6.18 Å². The average molecular weight is 584 g/mol. The van der Waals surface area contributed by atoms with Gasteiger partial charge in [0.1, 0.15) is 5.54 Å². The maximum Gasteiger partial charge on any atom is 0.417 e. The Bertz CT molecular complexity index is 1180. The normalized spacial score (nSPS) is 16.1. The van der Waals surface area contributed by atoms with Crippen molar-refractivity contribution in [2.45, 2.75) is 75.4 Å². The first-order valence-corrected chi connectivity index (χ1v) is 14.3. The summed E-state index contributed by atoms with van der Waals surface area (Å²) in [5, 5.41) is 13.4. The number of alkyl halides is 3. The molecule has 0 spiro atoms. The van der Waals surface area contributed by atoms with Crippen LogP contribution in [0.4, 0.5) is 13.2 Å². The molecule has 1 atom stereocenters. The third kappa shape index (κ3) is 8.29. The highest BCUT2D eigenvalue weighted by molar-refractivity contribution is 7.99. The Morgan fingerprint density at radius 2 is 1.77 bits per heavy atom. The SMILES string of the molecule is CC(C)CC(NC(=O)C1(NC(=O)c2ccccc2C(F)(F)F)CCCCC1)C(=O)c1nnc(SCCN(C)C)o1. The zero-order valence-electron chi connectivity index (χ0n) is 23.1. The van der Waals surface area contributed by atoms with Crippen molar-refractivity contribution in [1.82, 2.24) is 25.7 Å². The standard InChI is InChI=1S/C27H36F3N5O4S/c1-17(2)16-20(21(36)23-33-34-25(39-23)40-15-14-35(3)4)31-24(38)26(12-8-5-9-13-26)32-22(37)18-10-6-7-11-19(18)27(28,29)30/h6-7,10-11,17,20H,5,8-9,12-16H2,1-4H3,(H,31,38)(H,32,37). The summed E-state index contributed by atoms with van der Waals surface area (Å²) in [5.41, 5.74) is -3.11. The molecule has 1 aromatic heterocycles. The monoisotopic (exact) mass is 583 g/mol. The van der Waals surface area contributed by atoms with Crippen LogP contribution in [0.25, 0.3) is 0 Å². The van der Waals surface area contributed by atoms with Crippen LogP contribution in [0, 0.1) is 5.92 Å². The summed E-state index contributed by atoms with van der Waals surface area (Å²) in [4.78, 5) is 42.2. The molecule has 1 unspecified atom stereocenters. The minimum atomic E-state index is -4.74. The number of hydrogen-bond donors (Lipinski definition) is 2. The lowest BCUT2D eigenvalue weighted by atomic mass is 9.80. The van der Waals surface area contributed by atoms with Crippen LogP contribution in [0.15, 0.2) is 33.9 Å². The number of hydrogen-bond acceptors (Lipinski definition) is 8. The molecule has 9 nitrogen and oxygen atoms in total. The van der Waals surface area contributed by atoms with Crippen molar-refractivity contribution in [2.75, 3.05) is 26.4 Å². The van der Waals surface area contributed by atoms with Crippen molar-refractivity contribution in [3.8, 4) is 0 Å². The van der Waals surface area contributed by atoms with Gasteiger partial charge < -0.3 is 20.0 Å². The maximum absolute atomic E-state index is 13.7. The number of halogens is 3. The van der Waals surface area contributed by atoms with Crippen molar-refractivity contribution in [3.63, 3.8) is 0 Å². The summed E-state index contributed by atoms with van der Waals surface area (Å²) < 4.78 is 46.3. The van der Waals surface area contributed by atoms with Crippen molar-refractivity contribution in [3.05, 3.63) is 41.3 Å². The van der Waals surface area contributed by atoms with Gasteiger partial charge in [-0.25, -0.2) is 0 Å². The van der Waals surface area contributed by atoms with Crippen LogP contribution >= 0.6 is 11.8 Å². The Hall–Kier alpha value is -2.93. The number of aromatic nitrogens is 2. The molecule has 0 radical (unpaired) electrons. The molecule has 1 saturated carbocycles. The first-order chi connectivity index (χ1) is 18.8. The van der Waals surface area contributed by atoms with E-state index in [1.165, 1.54) is 23.9 Å². The highest BCUT2D eigenvalue weighted by Gasteiger charge is 2.44. The predicted octanol–water partition coefficient (Wildman–Crippen LogP) is 4.59. The minimum absolute atomic E-state index is 0.00154. The van der Waals surface area contributed by atoms with Gasteiger partial charge in [-0.15, -0.1) is 10.2 Å². The summed E-state index contributed by atoms with van der Waals surface area (Å²) in [5.74, 6) is -1.74. The predicted molar refractivity (Wildman–Crippen MR) is 144 cm³/mol. The van der Waals surface area contributed by atoms with Crippen LogP contribution in [0.1, 0.15) is 79.0 Å². The van der Waals surface area contributed by atoms with Crippen molar-refractivity contribution >= 4 is 29.4 Å². The van der Waals surface area contributed by atoms with E-state index in [4.69, 9.17) is 4.42 Å². The smallest absolute Gasteiger partial charge is 0.408 e. The Labute approximate surface area is 236 Å². The fourth-order valence-electron chi connectivity index (χ4n) is 4.61. The molecule has 0 saturated heterocycles. The summed E-state index contributed by atoms with van der Waals surface area (Å²) in [7, 11) is 3.86. The van der Waals surface area contributed by atoms with E-state index in [9.17, 15) is 27.6 Å². The molecule has 1 aromatic carbocycles. The summed E-state index contributed by atoms with van der Waals surface area (Å²) >= 11 is 1.31. The van der Waals surface area contributed by atoms with Gasteiger partial charge in [-0.2, -0.15) is 13.2 Å². The third-order valence-electron chi connectivity index (χ3n) is 6.68. The molecule has 1 fully saturated rings. The Balaban J connectivity index is 1.82. The molecule has 40 heavy (non-hydrogen) atoms. The number of nitrogens with one attached hydrogen (secondary N) is 2. The van der Waals surface area contributed by atoms with Crippen LogP contribution in [0.3, 0.4) is 0 Å². The van der Waals surface area contributed by atoms with Crippen molar-refractivity contribution in [1.29, 1.82) is 0 Å². The number of carbonyl (C=O) groups is 3. The molecule has 0 aliphatic heterocycles. The fraction of sp³-hybridized carbons (Fsp3) is 0.593. The quantitative estimate of drug-likeness (QED) is 0.275. The molecule has 2 amide bonds. The number of rotatable bonds is 12. The molecule has 3 rings (SSSR count). The van der Waals surface area contributed by atoms with Gasteiger partial charge in [0.15, 0.2) is 0 Å². The number of benzene rings is 1. The molecular formula is C27H36F3N5O4S. The molecule has 220 valence electrons. The van der Waals surface area contributed by atoms with E-state index in [-0.39, 0.29) is 36.3 Å². The molecule has 1 heterocycles. The average Bonchev–Trinajstić information content (AvgIpc) is 3.36. The second-order valence-electron chi connectivity index (χ2n) is 10.7. The van der Waals surface area contributed by atoms with Gasteiger partial charge in [0.05, 0.1) is 17.2 Å². The highest BCUT2D eigenvalue weighted by atomic mass is 32.2.